The average molecular weight is 270 g/mol. The molecule has 0 atom stereocenters. The summed E-state index contributed by atoms with van der Waals surface area (Å²) in [5.41, 5.74) is 0. The van der Waals surface area contributed by atoms with Gasteiger partial charge in [-0.05, 0) is 12.8 Å². The van der Waals surface area contributed by atoms with Crippen LogP contribution in [0.25, 0.3) is 0 Å². The van der Waals surface area contributed by atoms with Gasteiger partial charge in [-0.2, -0.15) is 0 Å². The predicted molar refractivity (Wildman–Crippen MR) is 64.3 cm³/mol. The Morgan fingerprint density at radius 2 is 2.33 bits per heavy atom. The third kappa shape index (κ3) is 3.73. The standard InChI is InChI=1S/C10H14N4O3S/c15-8(11-4-3-9(16)17)5-18-10-13-12-6-14(10)7-1-2-7/h6-7H,1-5H2,(H,11,15)(H,16,17). The van der Waals surface area contributed by atoms with Crippen molar-refractivity contribution in [3.8, 4) is 0 Å². The summed E-state index contributed by atoms with van der Waals surface area (Å²) in [6, 6.07) is 0.484. The van der Waals surface area contributed by atoms with Crippen molar-refractivity contribution in [2.24, 2.45) is 0 Å². The molecular weight excluding hydrogens is 256 g/mol. The summed E-state index contributed by atoms with van der Waals surface area (Å²) in [6.07, 6.45) is 3.89. The molecule has 1 amide bonds. The van der Waals surface area contributed by atoms with Crippen molar-refractivity contribution < 1.29 is 14.7 Å². The maximum Gasteiger partial charge on any atom is 0.305 e. The number of amides is 1. The largest absolute Gasteiger partial charge is 0.481 e. The third-order valence-corrected chi connectivity index (χ3v) is 3.43. The summed E-state index contributed by atoms with van der Waals surface area (Å²) in [4.78, 5) is 21.7. The Balaban J connectivity index is 1.71. The van der Waals surface area contributed by atoms with Gasteiger partial charge >= 0.3 is 5.97 Å². The summed E-state index contributed by atoms with van der Waals surface area (Å²) in [6.45, 7) is 0.157. The van der Waals surface area contributed by atoms with E-state index in [4.69, 9.17) is 5.11 Å². The van der Waals surface area contributed by atoms with E-state index in [0.717, 1.165) is 18.0 Å². The number of nitrogens with zero attached hydrogens (tertiary/aromatic N) is 3. The van der Waals surface area contributed by atoms with Gasteiger partial charge in [-0.15, -0.1) is 10.2 Å². The van der Waals surface area contributed by atoms with Gasteiger partial charge in [0.05, 0.1) is 12.2 Å². The minimum absolute atomic E-state index is 0.0608. The number of nitrogens with one attached hydrogen (secondary N) is 1. The molecule has 1 aromatic heterocycles. The second-order valence-corrected chi connectivity index (χ2v) is 4.98. The molecule has 2 rings (SSSR count). The van der Waals surface area contributed by atoms with Crippen molar-refractivity contribution in [3.05, 3.63) is 6.33 Å². The van der Waals surface area contributed by atoms with E-state index in [9.17, 15) is 9.59 Å². The minimum atomic E-state index is -0.920. The van der Waals surface area contributed by atoms with Gasteiger partial charge in [-0.1, -0.05) is 11.8 Å². The lowest BCUT2D eigenvalue weighted by Gasteiger charge is -2.04. The molecule has 18 heavy (non-hydrogen) atoms. The molecule has 1 aliphatic rings. The van der Waals surface area contributed by atoms with Gasteiger partial charge in [0.1, 0.15) is 6.33 Å². The smallest absolute Gasteiger partial charge is 0.305 e. The lowest BCUT2D eigenvalue weighted by atomic mass is 10.4. The molecule has 1 heterocycles. The zero-order valence-corrected chi connectivity index (χ0v) is 10.5. The fourth-order valence-electron chi connectivity index (χ4n) is 1.43. The molecule has 1 aliphatic carbocycles. The molecule has 2 N–H and O–H groups in total. The number of thioether (sulfide) groups is 1. The van der Waals surface area contributed by atoms with Crippen LogP contribution in [0.5, 0.6) is 0 Å². The van der Waals surface area contributed by atoms with Gasteiger partial charge in [-0.25, -0.2) is 0 Å². The van der Waals surface area contributed by atoms with E-state index in [1.54, 1.807) is 6.33 Å². The molecule has 0 radical (unpaired) electrons. The van der Waals surface area contributed by atoms with E-state index in [2.05, 4.69) is 15.5 Å². The maximum absolute atomic E-state index is 11.4. The molecular formula is C10H14N4O3S. The van der Waals surface area contributed by atoms with Gasteiger partial charge in [-0.3, -0.25) is 9.59 Å². The lowest BCUT2D eigenvalue weighted by Crippen LogP contribution is -2.27. The Bertz CT molecular complexity index is 444. The van der Waals surface area contributed by atoms with Gasteiger partial charge in [0.15, 0.2) is 5.16 Å². The molecule has 0 aliphatic heterocycles. The maximum atomic E-state index is 11.4. The van der Waals surface area contributed by atoms with E-state index in [1.165, 1.54) is 11.8 Å². The van der Waals surface area contributed by atoms with Crippen LogP contribution in [-0.4, -0.2) is 44.0 Å². The second-order valence-electron chi connectivity index (χ2n) is 4.03. The quantitative estimate of drug-likeness (QED) is 0.691. The molecule has 0 saturated heterocycles. The zero-order chi connectivity index (χ0) is 13.0. The van der Waals surface area contributed by atoms with Crippen molar-refractivity contribution >= 4 is 23.6 Å². The third-order valence-electron chi connectivity index (χ3n) is 2.47. The average Bonchev–Trinajstić information content (AvgIpc) is 3.05. The van der Waals surface area contributed by atoms with Crippen molar-refractivity contribution in [3.63, 3.8) is 0 Å². The van der Waals surface area contributed by atoms with Crippen LogP contribution in [0.3, 0.4) is 0 Å². The van der Waals surface area contributed by atoms with Crippen LogP contribution >= 0.6 is 11.8 Å². The highest BCUT2D eigenvalue weighted by molar-refractivity contribution is 7.99. The topological polar surface area (TPSA) is 97.1 Å². The summed E-state index contributed by atoms with van der Waals surface area (Å²) < 4.78 is 1.98. The first-order valence-corrected chi connectivity index (χ1v) is 6.66. The number of carbonyl (C=O) groups is 2. The molecule has 0 aromatic carbocycles. The first-order chi connectivity index (χ1) is 8.66. The van der Waals surface area contributed by atoms with Gasteiger partial charge in [0.2, 0.25) is 5.91 Å². The fourth-order valence-corrected chi connectivity index (χ4v) is 2.24. The monoisotopic (exact) mass is 270 g/mol. The van der Waals surface area contributed by atoms with Crippen molar-refractivity contribution in [1.82, 2.24) is 20.1 Å². The molecule has 7 nitrogen and oxygen atoms in total. The molecule has 1 fully saturated rings. The van der Waals surface area contributed by atoms with Crippen molar-refractivity contribution in [1.29, 1.82) is 0 Å². The molecule has 0 bridgehead atoms. The number of carboxylic acids is 1. The highest BCUT2D eigenvalue weighted by Gasteiger charge is 2.26. The number of aliphatic carboxylic acids is 1. The first-order valence-electron chi connectivity index (χ1n) is 5.67. The number of carbonyl (C=O) groups excluding carboxylic acids is 1. The van der Waals surface area contributed by atoms with Crippen molar-refractivity contribution in [2.45, 2.75) is 30.5 Å². The molecule has 0 unspecified atom stereocenters. The fraction of sp³-hybridized carbons (Fsp3) is 0.600. The summed E-state index contributed by atoms with van der Waals surface area (Å²) in [7, 11) is 0. The number of hydrogen-bond acceptors (Lipinski definition) is 5. The number of rotatable bonds is 7. The zero-order valence-electron chi connectivity index (χ0n) is 9.70. The Kier molecular flexibility index (Phi) is 4.19. The van der Waals surface area contributed by atoms with Crippen molar-refractivity contribution in [2.75, 3.05) is 12.3 Å². The summed E-state index contributed by atoms with van der Waals surface area (Å²) >= 11 is 1.32. The van der Waals surface area contributed by atoms with E-state index in [0.29, 0.717) is 6.04 Å². The van der Waals surface area contributed by atoms with Crippen LogP contribution in [0.1, 0.15) is 25.3 Å². The molecule has 8 heteroatoms. The SMILES string of the molecule is O=C(O)CCNC(=O)CSc1nncn1C1CC1. The van der Waals surface area contributed by atoms with E-state index >= 15 is 0 Å². The van der Waals surface area contributed by atoms with E-state index < -0.39 is 5.97 Å². The number of hydrogen-bond donors (Lipinski definition) is 2. The van der Waals surface area contributed by atoms with Crippen LogP contribution in [0.2, 0.25) is 0 Å². The van der Waals surface area contributed by atoms with Crippen LogP contribution in [-0.2, 0) is 9.59 Å². The van der Waals surface area contributed by atoms with E-state index in [1.807, 2.05) is 4.57 Å². The van der Waals surface area contributed by atoms with Gasteiger partial charge in [0.25, 0.3) is 0 Å². The Hall–Kier alpha value is -1.57. The Morgan fingerprint density at radius 3 is 3.00 bits per heavy atom. The van der Waals surface area contributed by atoms with Crippen LogP contribution < -0.4 is 5.32 Å². The first kappa shape index (κ1) is 12.9. The highest BCUT2D eigenvalue weighted by Crippen LogP contribution is 2.37. The van der Waals surface area contributed by atoms with Gasteiger partial charge < -0.3 is 15.0 Å². The molecule has 1 aromatic rings. The summed E-state index contributed by atoms with van der Waals surface area (Å²) in [5, 5.41) is 19.5. The highest BCUT2D eigenvalue weighted by atomic mass is 32.2. The Morgan fingerprint density at radius 1 is 1.56 bits per heavy atom. The molecule has 0 spiro atoms. The minimum Gasteiger partial charge on any atom is -0.481 e. The number of aromatic nitrogens is 3. The summed E-state index contributed by atoms with van der Waals surface area (Å²) in [5.74, 6) is -0.881. The van der Waals surface area contributed by atoms with Crippen LogP contribution in [0.4, 0.5) is 0 Å². The Labute approximate surface area is 108 Å². The lowest BCUT2D eigenvalue weighted by molar-refractivity contribution is -0.136. The van der Waals surface area contributed by atoms with E-state index in [-0.39, 0.29) is 24.6 Å². The predicted octanol–water partition coefficient (Wildman–Crippen LogP) is 0.296. The number of carboxylic acid groups (broad SMARTS) is 1. The normalized spacial score (nSPS) is 14.4. The second kappa shape index (κ2) is 5.85. The van der Waals surface area contributed by atoms with Crippen LogP contribution in [0.15, 0.2) is 11.5 Å². The van der Waals surface area contributed by atoms with Crippen LogP contribution in [0, 0.1) is 0 Å². The molecule has 98 valence electrons. The molecule has 1 saturated carbocycles. The van der Waals surface area contributed by atoms with Gasteiger partial charge in [0, 0.05) is 12.6 Å².